The molecule has 1 N–H and O–H groups in total. The second-order valence-corrected chi connectivity index (χ2v) is 6.24. The fourth-order valence-corrected chi connectivity index (χ4v) is 2.76. The van der Waals surface area contributed by atoms with E-state index in [9.17, 15) is 9.18 Å². The first-order chi connectivity index (χ1) is 11.5. The van der Waals surface area contributed by atoms with Crippen molar-refractivity contribution in [3.63, 3.8) is 0 Å². The van der Waals surface area contributed by atoms with E-state index in [4.69, 9.17) is 0 Å². The van der Waals surface area contributed by atoms with Crippen LogP contribution in [0.3, 0.4) is 0 Å². The number of piperazine rings is 1. The molecule has 2 aromatic heterocycles. The van der Waals surface area contributed by atoms with Crippen molar-refractivity contribution in [2.24, 2.45) is 0 Å². The number of rotatable bonds is 3. The first-order valence-electron chi connectivity index (χ1n) is 8.04. The second-order valence-electron chi connectivity index (χ2n) is 6.24. The van der Waals surface area contributed by atoms with Gasteiger partial charge in [-0.1, -0.05) is 13.8 Å². The van der Waals surface area contributed by atoms with Crippen molar-refractivity contribution in [2.75, 3.05) is 36.0 Å². The van der Waals surface area contributed by atoms with E-state index in [0.717, 1.165) is 24.6 Å². The molecule has 0 unspecified atom stereocenters. The molecule has 1 aliphatic rings. The van der Waals surface area contributed by atoms with Crippen LogP contribution in [0.5, 0.6) is 0 Å². The van der Waals surface area contributed by atoms with E-state index in [1.807, 2.05) is 31.7 Å². The summed E-state index contributed by atoms with van der Waals surface area (Å²) >= 11 is 0. The maximum Gasteiger partial charge on any atom is 0.288 e. The number of anilines is 2. The van der Waals surface area contributed by atoms with E-state index in [2.05, 4.69) is 24.8 Å². The Labute approximate surface area is 139 Å². The summed E-state index contributed by atoms with van der Waals surface area (Å²) < 4.78 is 13.9. The van der Waals surface area contributed by atoms with Crippen molar-refractivity contribution in [3.05, 3.63) is 40.0 Å². The predicted octanol–water partition coefficient (Wildman–Crippen LogP) is 1.46. The van der Waals surface area contributed by atoms with Gasteiger partial charge in [0.05, 0.1) is 5.69 Å². The van der Waals surface area contributed by atoms with Gasteiger partial charge in [0.15, 0.2) is 0 Å². The van der Waals surface area contributed by atoms with Crippen molar-refractivity contribution in [2.45, 2.75) is 26.7 Å². The van der Waals surface area contributed by atoms with Crippen LogP contribution >= 0.6 is 0 Å². The number of halogens is 1. The minimum Gasteiger partial charge on any atom is -0.353 e. The number of hydrogen-bond acceptors (Lipinski definition) is 6. The van der Waals surface area contributed by atoms with E-state index in [0.29, 0.717) is 19.0 Å². The van der Waals surface area contributed by atoms with Crippen LogP contribution in [-0.4, -0.2) is 46.1 Å². The van der Waals surface area contributed by atoms with Crippen LogP contribution in [0.25, 0.3) is 0 Å². The maximum atomic E-state index is 13.9. The predicted molar refractivity (Wildman–Crippen MR) is 90.1 cm³/mol. The average molecular weight is 332 g/mol. The van der Waals surface area contributed by atoms with E-state index in [1.54, 1.807) is 6.33 Å². The number of hydrogen-bond donors (Lipinski definition) is 1. The van der Waals surface area contributed by atoms with Gasteiger partial charge < -0.3 is 9.80 Å². The van der Waals surface area contributed by atoms with Gasteiger partial charge in [-0.15, -0.1) is 0 Å². The van der Waals surface area contributed by atoms with Crippen molar-refractivity contribution < 1.29 is 4.39 Å². The van der Waals surface area contributed by atoms with Gasteiger partial charge in [-0.2, -0.15) is 4.39 Å². The molecule has 0 atom stereocenters. The zero-order valence-corrected chi connectivity index (χ0v) is 14.1. The summed E-state index contributed by atoms with van der Waals surface area (Å²) in [6.07, 6.45) is 1.56. The molecule has 1 saturated heterocycles. The Morgan fingerprint density at radius 3 is 2.46 bits per heavy atom. The molecule has 0 saturated carbocycles. The minimum atomic E-state index is -0.788. The third-order valence-corrected chi connectivity index (χ3v) is 4.12. The third-order valence-electron chi connectivity index (χ3n) is 4.12. The first kappa shape index (κ1) is 16.4. The van der Waals surface area contributed by atoms with Gasteiger partial charge in [-0.25, -0.2) is 15.0 Å². The van der Waals surface area contributed by atoms with Gasteiger partial charge in [-0.3, -0.25) is 9.78 Å². The molecular formula is C16H21FN6O. The Hall–Kier alpha value is -2.51. The zero-order valence-electron chi connectivity index (χ0n) is 14.1. The lowest BCUT2D eigenvalue weighted by molar-refractivity contribution is 0.557. The molecule has 2 aromatic rings. The molecule has 0 radical (unpaired) electrons. The molecular weight excluding hydrogens is 311 g/mol. The van der Waals surface area contributed by atoms with Crippen molar-refractivity contribution in [3.8, 4) is 0 Å². The molecule has 0 aromatic carbocycles. The maximum absolute atomic E-state index is 13.9. The average Bonchev–Trinajstić information content (AvgIpc) is 2.57. The number of aryl methyl sites for hydroxylation is 1. The fraction of sp³-hybridized carbons (Fsp3) is 0.500. The highest BCUT2D eigenvalue weighted by atomic mass is 19.1. The number of aromatic amines is 1. The quantitative estimate of drug-likeness (QED) is 0.917. The third kappa shape index (κ3) is 3.22. The fourth-order valence-electron chi connectivity index (χ4n) is 2.76. The zero-order chi connectivity index (χ0) is 17.3. The summed E-state index contributed by atoms with van der Waals surface area (Å²) in [5.74, 6) is 0.398. The Kier molecular flexibility index (Phi) is 4.46. The van der Waals surface area contributed by atoms with Gasteiger partial charge in [0, 0.05) is 37.9 Å². The van der Waals surface area contributed by atoms with Crippen molar-refractivity contribution in [1.29, 1.82) is 0 Å². The van der Waals surface area contributed by atoms with E-state index < -0.39 is 11.4 Å². The van der Waals surface area contributed by atoms with Crippen LogP contribution in [0.15, 0.2) is 17.2 Å². The van der Waals surface area contributed by atoms with Crippen LogP contribution in [0, 0.1) is 12.7 Å². The SMILES string of the molecule is Cc1cc(N2CCN(c3nc(C(C)C)c(F)c(=O)[nH]3)CC2)ncn1. The van der Waals surface area contributed by atoms with Gasteiger partial charge in [-0.05, 0) is 12.8 Å². The highest BCUT2D eigenvalue weighted by molar-refractivity contribution is 5.42. The van der Waals surface area contributed by atoms with Crippen LogP contribution in [0.4, 0.5) is 16.2 Å². The van der Waals surface area contributed by atoms with Gasteiger partial charge in [0.1, 0.15) is 12.1 Å². The minimum absolute atomic E-state index is 0.142. The molecule has 7 nitrogen and oxygen atoms in total. The lowest BCUT2D eigenvalue weighted by Crippen LogP contribution is -2.48. The second kappa shape index (κ2) is 6.54. The molecule has 1 aliphatic heterocycles. The Morgan fingerprint density at radius 2 is 1.83 bits per heavy atom. The monoisotopic (exact) mass is 332 g/mol. The molecule has 0 bridgehead atoms. The highest BCUT2D eigenvalue weighted by Crippen LogP contribution is 2.19. The van der Waals surface area contributed by atoms with Gasteiger partial charge in [0.2, 0.25) is 11.8 Å². The largest absolute Gasteiger partial charge is 0.353 e. The lowest BCUT2D eigenvalue weighted by atomic mass is 10.1. The summed E-state index contributed by atoms with van der Waals surface area (Å²) in [4.78, 5) is 31.2. The highest BCUT2D eigenvalue weighted by Gasteiger charge is 2.22. The van der Waals surface area contributed by atoms with E-state index >= 15 is 0 Å². The molecule has 3 rings (SSSR count). The molecule has 24 heavy (non-hydrogen) atoms. The normalized spacial score (nSPS) is 15.2. The standard InChI is InChI=1S/C16H21FN6O/c1-10(2)14-13(17)15(24)21-16(20-14)23-6-4-22(5-7-23)12-8-11(3)18-9-19-12/h8-10H,4-7H2,1-3H3,(H,20,21,24). The molecule has 1 fully saturated rings. The molecule has 0 aliphatic carbocycles. The molecule has 0 spiro atoms. The Morgan fingerprint density at radius 1 is 1.17 bits per heavy atom. The number of H-pyrrole nitrogens is 1. The smallest absolute Gasteiger partial charge is 0.288 e. The number of nitrogens with zero attached hydrogens (tertiary/aromatic N) is 5. The summed E-state index contributed by atoms with van der Waals surface area (Å²) in [5.41, 5.74) is 0.425. The Bertz CT molecular complexity index is 782. The van der Waals surface area contributed by atoms with Crippen molar-refractivity contribution >= 4 is 11.8 Å². The first-order valence-corrected chi connectivity index (χ1v) is 8.04. The van der Waals surface area contributed by atoms with Crippen LogP contribution in [0.1, 0.15) is 31.2 Å². The van der Waals surface area contributed by atoms with Crippen LogP contribution in [0.2, 0.25) is 0 Å². The summed E-state index contributed by atoms with van der Waals surface area (Å²) in [6.45, 7) is 8.42. The molecule has 8 heteroatoms. The topological polar surface area (TPSA) is 78.0 Å². The van der Waals surface area contributed by atoms with E-state index in [-0.39, 0.29) is 11.6 Å². The number of nitrogens with one attached hydrogen (secondary N) is 1. The summed E-state index contributed by atoms with van der Waals surface area (Å²) in [7, 11) is 0. The van der Waals surface area contributed by atoms with E-state index in [1.165, 1.54) is 0 Å². The molecule has 0 amide bonds. The number of aromatic nitrogens is 4. The van der Waals surface area contributed by atoms with Gasteiger partial charge in [0.25, 0.3) is 5.56 Å². The molecule has 3 heterocycles. The van der Waals surface area contributed by atoms with Crippen molar-refractivity contribution in [1.82, 2.24) is 19.9 Å². The lowest BCUT2D eigenvalue weighted by Gasteiger charge is -2.35. The van der Waals surface area contributed by atoms with Crippen LogP contribution in [-0.2, 0) is 0 Å². The Balaban J connectivity index is 1.76. The summed E-state index contributed by atoms with van der Waals surface area (Å²) in [6, 6.07) is 1.95. The van der Waals surface area contributed by atoms with Crippen LogP contribution < -0.4 is 15.4 Å². The molecule has 128 valence electrons. The summed E-state index contributed by atoms with van der Waals surface area (Å²) in [5, 5.41) is 0. The van der Waals surface area contributed by atoms with Gasteiger partial charge >= 0.3 is 0 Å².